The van der Waals surface area contributed by atoms with Gasteiger partial charge in [-0.3, -0.25) is 0 Å². The van der Waals surface area contributed by atoms with Crippen molar-refractivity contribution in [1.82, 2.24) is 15.0 Å². The van der Waals surface area contributed by atoms with Crippen LogP contribution >= 0.6 is 0 Å². The van der Waals surface area contributed by atoms with Crippen molar-refractivity contribution in [2.75, 3.05) is 5.32 Å². The number of nitrogens with one attached hydrogen (secondary N) is 1. The van der Waals surface area contributed by atoms with Crippen LogP contribution in [0.5, 0.6) is 5.75 Å². The van der Waals surface area contributed by atoms with Crippen LogP contribution in [0.15, 0.2) is 60.8 Å². The molecule has 0 bridgehead atoms. The molecule has 0 saturated heterocycles. The van der Waals surface area contributed by atoms with E-state index in [2.05, 4.69) is 20.3 Å². The van der Waals surface area contributed by atoms with E-state index in [1.165, 1.54) is 12.1 Å². The monoisotopic (exact) mass is 424 g/mol. The van der Waals surface area contributed by atoms with Crippen LogP contribution in [0.25, 0.3) is 10.9 Å². The highest BCUT2D eigenvalue weighted by Crippen LogP contribution is 2.37. The Bertz CT molecular complexity index is 1240. The maximum atomic E-state index is 13.0. The summed E-state index contributed by atoms with van der Waals surface area (Å²) in [6.45, 7) is 3.62. The van der Waals surface area contributed by atoms with Gasteiger partial charge in [0.2, 0.25) is 5.95 Å². The second-order valence-corrected chi connectivity index (χ2v) is 7.25. The Balaban J connectivity index is 1.84. The molecule has 0 saturated carbocycles. The standard InChI is InChI=1S/C23H19F3N4O/c1-13-3-4-16-7-10-18(21(31)20(16)28-13)19(30-22-27-12-11-14(2)29-22)15-5-8-17(9-6-15)23(24,25)26/h3-12,19,31H,1-2H3,(H,27,29,30)/t19-/m0/s1. The zero-order valence-electron chi connectivity index (χ0n) is 16.8. The molecule has 2 aromatic heterocycles. The van der Waals surface area contributed by atoms with E-state index < -0.39 is 17.8 Å². The molecule has 0 aliphatic carbocycles. The number of nitrogens with zero attached hydrogens (tertiary/aromatic N) is 3. The number of anilines is 1. The first-order valence-electron chi connectivity index (χ1n) is 9.55. The van der Waals surface area contributed by atoms with Gasteiger partial charge in [-0.05, 0) is 43.7 Å². The third-order valence-corrected chi connectivity index (χ3v) is 4.96. The van der Waals surface area contributed by atoms with E-state index in [0.29, 0.717) is 22.6 Å². The number of benzene rings is 2. The Kier molecular flexibility index (Phi) is 5.22. The summed E-state index contributed by atoms with van der Waals surface area (Å²) in [4.78, 5) is 12.9. The highest BCUT2D eigenvalue weighted by Gasteiger charge is 2.30. The van der Waals surface area contributed by atoms with E-state index >= 15 is 0 Å². The lowest BCUT2D eigenvalue weighted by Gasteiger charge is -2.22. The Morgan fingerprint density at radius 3 is 2.23 bits per heavy atom. The van der Waals surface area contributed by atoms with Crippen molar-refractivity contribution in [3.05, 3.63) is 88.9 Å². The summed E-state index contributed by atoms with van der Waals surface area (Å²) < 4.78 is 39.1. The van der Waals surface area contributed by atoms with Gasteiger partial charge in [0.05, 0.1) is 11.6 Å². The van der Waals surface area contributed by atoms with E-state index in [9.17, 15) is 18.3 Å². The third kappa shape index (κ3) is 4.28. The molecule has 2 N–H and O–H groups in total. The topological polar surface area (TPSA) is 70.9 Å². The fourth-order valence-electron chi connectivity index (χ4n) is 3.37. The molecule has 0 spiro atoms. The van der Waals surface area contributed by atoms with E-state index in [1.54, 1.807) is 25.3 Å². The number of aromatic nitrogens is 3. The number of halogens is 3. The van der Waals surface area contributed by atoms with Gasteiger partial charge in [-0.25, -0.2) is 15.0 Å². The van der Waals surface area contributed by atoms with E-state index in [1.807, 2.05) is 25.1 Å². The van der Waals surface area contributed by atoms with Crippen LogP contribution in [0.3, 0.4) is 0 Å². The molecular formula is C23H19F3N4O. The largest absolute Gasteiger partial charge is 0.505 e. The Morgan fingerprint density at radius 2 is 1.55 bits per heavy atom. The Labute approximate surface area is 176 Å². The van der Waals surface area contributed by atoms with Crippen LogP contribution in [0, 0.1) is 13.8 Å². The van der Waals surface area contributed by atoms with Crippen molar-refractivity contribution in [3.8, 4) is 5.75 Å². The Morgan fingerprint density at radius 1 is 0.871 bits per heavy atom. The van der Waals surface area contributed by atoms with Gasteiger partial charge in [-0.2, -0.15) is 13.2 Å². The fraction of sp³-hybridized carbons (Fsp3) is 0.174. The first-order valence-corrected chi connectivity index (χ1v) is 9.55. The number of alkyl halides is 3. The molecule has 4 aromatic rings. The van der Waals surface area contributed by atoms with Gasteiger partial charge in [0.15, 0.2) is 0 Å². The molecule has 5 nitrogen and oxygen atoms in total. The smallest absolute Gasteiger partial charge is 0.416 e. The number of hydrogen-bond donors (Lipinski definition) is 2. The maximum Gasteiger partial charge on any atom is 0.416 e. The fourth-order valence-corrected chi connectivity index (χ4v) is 3.37. The molecular weight excluding hydrogens is 405 g/mol. The quantitative estimate of drug-likeness (QED) is 0.448. The summed E-state index contributed by atoms with van der Waals surface area (Å²) in [7, 11) is 0. The predicted octanol–water partition coefficient (Wildman–Crippen LogP) is 5.57. The molecule has 2 aromatic carbocycles. The molecule has 158 valence electrons. The number of rotatable bonds is 4. The minimum atomic E-state index is -4.44. The van der Waals surface area contributed by atoms with Crippen molar-refractivity contribution in [3.63, 3.8) is 0 Å². The van der Waals surface area contributed by atoms with Gasteiger partial charge in [0.1, 0.15) is 11.3 Å². The highest BCUT2D eigenvalue weighted by molar-refractivity contribution is 5.86. The lowest BCUT2D eigenvalue weighted by molar-refractivity contribution is -0.137. The first kappa shape index (κ1) is 20.6. The molecule has 8 heteroatoms. The molecule has 0 amide bonds. The average Bonchev–Trinajstić information content (AvgIpc) is 2.73. The Hall–Kier alpha value is -3.68. The van der Waals surface area contributed by atoms with E-state index in [0.717, 1.165) is 28.9 Å². The maximum absolute atomic E-state index is 13.0. The van der Waals surface area contributed by atoms with Crippen LogP contribution in [-0.2, 0) is 6.18 Å². The molecule has 0 unspecified atom stereocenters. The number of fused-ring (bicyclic) bond motifs is 1. The summed E-state index contributed by atoms with van der Waals surface area (Å²) in [5.41, 5.74) is 2.10. The average molecular weight is 424 g/mol. The van der Waals surface area contributed by atoms with Crippen molar-refractivity contribution >= 4 is 16.9 Å². The van der Waals surface area contributed by atoms with Crippen LogP contribution < -0.4 is 5.32 Å². The predicted molar refractivity (Wildman–Crippen MR) is 112 cm³/mol. The molecule has 0 fully saturated rings. The van der Waals surface area contributed by atoms with Gasteiger partial charge in [-0.1, -0.05) is 30.3 Å². The zero-order valence-corrected chi connectivity index (χ0v) is 16.8. The van der Waals surface area contributed by atoms with Crippen LogP contribution in [-0.4, -0.2) is 20.1 Å². The number of aromatic hydroxyl groups is 1. The highest BCUT2D eigenvalue weighted by atomic mass is 19.4. The molecule has 2 heterocycles. The van der Waals surface area contributed by atoms with Crippen molar-refractivity contribution in [1.29, 1.82) is 0 Å². The second kappa shape index (κ2) is 7.86. The molecule has 0 radical (unpaired) electrons. The van der Waals surface area contributed by atoms with Gasteiger partial charge in [-0.15, -0.1) is 0 Å². The molecule has 4 rings (SSSR count). The van der Waals surface area contributed by atoms with Gasteiger partial charge in [0, 0.05) is 28.5 Å². The third-order valence-electron chi connectivity index (χ3n) is 4.96. The van der Waals surface area contributed by atoms with E-state index in [-0.39, 0.29) is 5.75 Å². The number of pyridine rings is 1. The molecule has 0 aliphatic rings. The van der Waals surface area contributed by atoms with Crippen molar-refractivity contribution < 1.29 is 18.3 Å². The lowest BCUT2D eigenvalue weighted by atomic mass is 9.95. The lowest BCUT2D eigenvalue weighted by Crippen LogP contribution is -2.15. The van der Waals surface area contributed by atoms with Crippen LogP contribution in [0.1, 0.15) is 34.1 Å². The van der Waals surface area contributed by atoms with Crippen LogP contribution in [0.4, 0.5) is 19.1 Å². The van der Waals surface area contributed by atoms with E-state index in [4.69, 9.17) is 0 Å². The van der Waals surface area contributed by atoms with Crippen molar-refractivity contribution in [2.24, 2.45) is 0 Å². The summed E-state index contributed by atoms with van der Waals surface area (Å²) in [5, 5.41) is 14.9. The SMILES string of the molecule is Cc1ccnc(N[C@@H](c2ccc(C(F)(F)F)cc2)c2ccc3ccc(C)nc3c2O)n1. The summed E-state index contributed by atoms with van der Waals surface area (Å²) in [5.74, 6) is 0.243. The number of hydrogen-bond acceptors (Lipinski definition) is 5. The van der Waals surface area contributed by atoms with Gasteiger partial charge >= 0.3 is 6.18 Å². The first-order chi connectivity index (χ1) is 14.7. The summed E-state index contributed by atoms with van der Waals surface area (Å²) in [6, 6.07) is 13.1. The molecule has 0 aliphatic heterocycles. The van der Waals surface area contributed by atoms with Crippen molar-refractivity contribution in [2.45, 2.75) is 26.1 Å². The minimum absolute atomic E-state index is 0.0498. The second-order valence-electron chi connectivity index (χ2n) is 7.25. The minimum Gasteiger partial charge on any atom is -0.505 e. The van der Waals surface area contributed by atoms with Crippen LogP contribution in [0.2, 0.25) is 0 Å². The number of phenols is 1. The normalized spacial score (nSPS) is 12.7. The number of phenolic OH excluding ortho intramolecular Hbond substituents is 1. The zero-order chi connectivity index (χ0) is 22.2. The summed E-state index contributed by atoms with van der Waals surface area (Å²) >= 11 is 0. The van der Waals surface area contributed by atoms with Gasteiger partial charge < -0.3 is 10.4 Å². The molecule has 1 atom stereocenters. The number of aryl methyl sites for hydroxylation is 2. The summed E-state index contributed by atoms with van der Waals surface area (Å²) in [6.07, 6.45) is -2.85. The molecule has 31 heavy (non-hydrogen) atoms. The van der Waals surface area contributed by atoms with Gasteiger partial charge in [0.25, 0.3) is 0 Å².